The molecule has 0 saturated carbocycles. The highest BCUT2D eigenvalue weighted by molar-refractivity contribution is 5.89. The molecular formula is C17H16FN5O3. The Morgan fingerprint density at radius 2 is 2.08 bits per heavy atom. The number of halogens is 1. The van der Waals surface area contributed by atoms with Crippen molar-refractivity contribution in [3.8, 4) is 0 Å². The van der Waals surface area contributed by atoms with Crippen molar-refractivity contribution in [1.82, 2.24) is 14.7 Å². The summed E-state index contributed by atoms with van der Waals surface area (Å²) in [6, 6.07) is 8.58. The zero-order chi connectivity index (χ0) is 18.7. The van der Waals surface area contributed by atoms with E-state index < -0.39 is 17.3 Å². The van der Waals surface area contributed by atoms with Gasteiger partial charge in [-0.05, 0) is 32.0 Å². The molecular weight excluding hydrogens is 341 g/mol. The van der Waals surface area contributed by atoms with Gasteiger partial charge in [-0.25, -0.2) is 9.37 Å². The molecule has 0 aliphatic carbocycles. The highest BCUT2D eigenvalue weighted by Crippen LogP contribution is 2.15. The second kappa shape index (κ2) is 7.18. The maximum absolute atomic E-state index is 13.4. The Hall–Kier alpha value is -3.49. The highest BCUT2D eigenvalue weighted by atomic mass is 19.1. The lowest BCUT2D eigenvalue weighted by molar-refractivity contribution is -0.116. The number of nitrogens with zero attached hydrogens (tertiary/aromatic N) is 3. The highest BCUT2D eigenvalue weighted by Gasteiger charge is 2.13. The van der Waals surface area contributed by atoms with Crippen LogP contribution in [0.15, 0.2) is 45.7 Å². The van der Waals surface area contributed by atoms with Crippen LogP contribution >= 0.6 is 0 Å². The number of rotatable bonds is 5. The lowest BCUT2D eigenvalue weighted by Crippen LogP contribution is -2.30. The average molecular weight is 357 g/mol. The van der Waals surface area contributed by atoms with E-state index in [4.69, 9.17) is 4.52 Å². The predicted octanol–water partition coefficient (Wildman–Crippen LogP) is 2.37. The van der Waals surface area contributed by atoms with E-state index in [-0.39, 0.29) is 18.3 Å². The van der Waals surface area contributed by atoms with Crippen LogP contribution in [0.3, 0.4) is 0 Å². The summed E-state index contributed by atoms with van der Waals surface area (Å²) in [6.45, 7) is 3.05. The van der Waals surface area contributed by atoms with E-state index in [2.05, 4.69) is 20.8 Å². The molecule has 0 aliphatic rings. The lowest BCUT2D eigenvalue weighted by Gasteiger charge is -2.13. The maximum Gasteiger partial charge on any atom is 0.255 e. The van der Waals surface area contributed by atoms with Gasteiger partial charge in [0, 0.05) is 23.5 Å². The van der Waals surface area contributed by atoms with Crippen molar-refractivity contribution >= 4 is 23.4 Å². The molecule has 26 heavy (non-hydrogen) atoms. The minimum Gasteiger partial charge on any atom is -0.360 e. The first-order valence-electron chi connectivity index (χ1n) is 7.75. The number of anilines is 3. The molecule has 0 radical (unpaired) electrons. The molecule has 134 valence electrons. The van der Waals surface area contributed by atoms with E-state index >= 15 is 0 Å². The summed E-state index contributed by atoms with van der Waals surface area (Å²) in [4.78, 5) is 28.8. The van der Waals surface area contributed by atoms with Crippen molar-refractivity contribution in [2.24, 2.45) is 0 Å². The predicted molar refractivity (Wildman–Crippen MR) is 92.8 cm³/mol. The van der Waals surface area contributed by atoms with Gasteiger partial charge in [0.2, 0.25) is 11.9 Å². The quantitative estimate of drug-likeness (QED) is 0.727. The molecule has 0 unspecified atom stereocenters. The fourth-order valence-electron chi connectivity index (χ4n) is 2.32. The second-order valence-corrected chi connectivity index (χ2v) is 5.65. The molecule has 2 aromatic heterocycles. The van der Waals surface area contributed by atoms with Crippen molar-refractivity contribution in [1.29, 1.82) is 0 Å². The average Bonchev–Trinajstić information content (AvgIpc) is 2.95. The van der Waals surface area contributed by atoms with Gasteiger partial charge in [0.25, 0.3) is 5.56 Å². The number of nitrogens with one attached hydrogen (secondary N) is 2. The van der Waals surface area contributed by atoms with Crippen LogP contribution in [0.1, 0.15) is 11.5 Å². The van der Waals surface area contributed by atoms with E-state index in [0.29, 0.717) is 17.1 Å². The number of carbonyl (C=O) groups excluding carboxylic acids is 1. The Balaban J connectivity index is 1.85. The van der Waals surface area contributed by atoms with Gasteiger partial charge in [-0.15, -0.1) is 0 Å². The minimum atomic E-state index is -0.478. The third-order valence-corrected chi connectivity index (χ3v) is 3.41. The first-order chi connectivity index (χ1) is 12.4. The molecule has 8 nitrogen and oxygen atoms in total. The Morgan fingerprint density at radius 3 is 2.77 bits per heavy atom. The van der Waals surface area contributed by atoms with E-state index in [1.807, 2.05) is 0 Å². The summed E-state index contributed by atoms with van der Waals surface area (Å²) in [5, 5.41) is 9.07. The lowest BCUT2D eigenvalue weighted by atomic mass is 10.3. The molecule has 2 heterocycles. The normalized spacial score (nSPS) is 10.6. The zero-order valence-electron chi connectivity index (χ0n) is 14.1. The number of benzene rings is 1. The smallest absolute Gasteiger partial charge is 0.255 e. The molecule has 9 heteroatoms. The zero-order valence-corrected chi connectivity index (χ0v) is 14.1. The van der Waals surface area contributed by atoms with Crippen LogP contribution in [0.4, 0.5) is 21.8 Å². The van der Waals surface area contributed by atoms with Crippen LogP contribution in [0.2, 0.25) is 0 Å². The molecule has 3 aromatic rings. The van der Waals surface area contributed by atoms with Crippen LogP contribution in [0.5, 0.6) is 0 Å². The maximum atomic E-state index is 13.4. The van der Waals surface area contributed by atoms with E-state index in [1.165, 1.54) is 24.3 Å². The molecule has 0 aliphatic heterocycles. The summed E-state index contributed by atoms with van der Waals surface area (Å²) in [5.41, 5.74) is 0.462. The third kappa shape index (κ3) is 4.12. The van der Waals surface area contributed by atoms with Crippen molar-refractivity contribution < 1.29 is 13.7 Å². The van der Waals surface area contributed by atoms with E-state index in [9.17, 15) is 14.0 Å². The summed E-state index contributed by atoms with van der Waals surface area (Å²) in [7, 11) is 0. The largest absolute Gasteiger partial charge is 0.360 e. The van der Waals surface area contributed by atoms with Gasteiger partial charge >= 0.3 is 0 Å². The molecule has 0 saturated heterocycles. The molecule has 0 fully saturated rings. The van der Waals surface area contributed by atoms with Crippen LogP contribution in [-0.4, -0.2) is 20.6 Å². The van der Waals surface area contributed by atoms with Gasteiger partial charge in [0.1, 0.15) is 18.1 Å². The number of amides is 1. The van der Waals surface area contributed by atoms with Gasteiger partial charge in [-0.1, -0.05) is 11.2 Å². The van der Waals surface area contributed by atoms with E-state index in [1.54, 1.807) is 26.0 Å². The Morgan fingerprint density at radius 1 is 1.27 bits per heavy atom. The number of aryl methyl sites for hydroxylation is 2. The number of aromatic nitrogens is 3. The summed E-state index contributed by atoms with van der Waals surface area (Å²) < 4.78 is 19.4. The molecule has 1 amide bonds. The Labute approximate surface area is 147 Å². The first-order valence-corrected chi connectivity index (χ1v) is 7.75. The SMILES string of the molecule is Cc1cc(=O)n(CC(=O)Nc2cc(C)on2)c(Nc2cccc(F)c2)n1. The third-order valence-electron chi connectivity index (χ3n) is 3.41. The van der Waals surface area contributed by atoms with Gasteiger partial charge in [0.05, 0.1) is 0 Å². The van der Waals surface area contributed by atoms with Crippen molar-refractivity contribution in [3.05, 3.63) is 64.0 Å². The van der Waals surface area contributed by atoms with E-state index in [0.717, 1.165) is 4.57 Å². The summed E-state index contributed by atoms with van der Waals surface area (Å²) in [5.74, 6) is 0.0133. The number of carbonyl (C=O) groups is 1. The van der Waals surface area contributed by atoms with Crippen LogP contribution in [-0.2, 0) is 11.3 Å². The second-order valence-electron chi connectivity index (χ2n) is 5.65. The number of hydrogen-bond acceptors (Lipinski definition) is 6. The van der Waals surface area contributed by atoms with Gasteiger partial charge in [0.15, 0.2) is 5.82 Å². The first kappa shape index (κ1) is 17.3. The fraction of sp³-hybridized carbons (Fsp3) is 0.176. The Bertz CT molecular complexity index is 1010. The summed E-state index contributed by atoms with van der Waals surface area (Å²) >= 11 is 0. The van der Waals surface area contributed by atoms with Gasteiger partial charge < -0.3 is 15.2 Å². The molecule has 0 spiro atoms. The number of hydrogen-bond donors (Lipinski definition) is 2. The molecule has 2 N–H and O–H groups in total. The monoisotopic (exact) mass is 357 g/mol. The van der Waals surface area contributed by atoms with Crippen LogP contribution < -0.4 is 16.2 Å². The fourth-order valence-corrected chi connectivity index (χ4v) is 2.32. The Kier molecular flexibility index (Phi) is 4.78. The van der Waals surface area contributed by atoms with Gasteiger partial charge in [-0.3, -0.25) is 14.2 Å². The molecule has 0 bridgehead atoms. The van der Waals surface area contributed by atoms with Crippen LogP contribution in [0.25, 0.3) is 0 Å². The minimum absolute atomic E-state index is 0.132. The topological polar surface area (TPSA) is 102 Å². The standard InChI is InChI=1S/C17H16FN5O3/c1-10-6-16(25)23(9-15(24)21-14-7-11(2)26-22-14)17(19-10)20-13-5-3-4-12(18)8-13/h3-8H,9H2,1-2H3,(H,19,20)(H,21,22,24). The summed E-state index contributed by atoms with van der Waals surface area (Å²) in [6.07, 6.45) is 0. The van der Waals surface area contributed by atoms with Crippen molar-refractivity contribution in [2.75, 3.05) is 10.6 Å². The van der Waals surface area contributed by atoms with Gasteiger partial charge in [-0.2, -0.15) is 0 Å². The van der Waals surface area contributed by atoms with Crippen molar-refractivity contribution in [2.45, 2.75) is 20.4 Å². The van der Waals surface area contributed by atoms with Crippen LogP contribution in [0, 0.1) is 19.7 Å². The molecule has 3 rings (SSSR count). The molecule has 0 atom stereocenters. The molecule has 1 aromatic carbocycles. The van der Waals surface area contributed by atoms with Crippen molar-refractivity contribution in [3.63, 3.8) is 0 Å².